The minimum Gasteiger partial charge on any atom is -0.462 e. The zero-order valence-electron chi connectivity index (χ0n) is 15.6. The van der Waals surface area contributed by atoms with Crippen LogP contribution in [0.15, 0.2) is 48.5 Å². The van der Waals surface area contributed by atoms with Crippen molar-refractivity contribution in [1.82, 2.24) is 14.9 Å². The summed E-state index contributed by atoms with van der Waals surface area (Å²) in [5.41, 5.74) is 2.97. The van der Waals surface area contributed by atoms with Crippen LogP contribution < -0.4 is 5.32 Å². The number of hydrogen-bond acceptors (Lipinski definition) is 4. The lowest BCUT2D eigenvalue weighted by Crippen LogP contribution is -2.34. The van der Waals surface area contributed by atoms with Crippen LogP contribution in [0.1, 0.15) is 42.0 Å². The minimum atomic E-state index is -0.370. The van der Waals surface area contributed by atoms with Crippen molar-refractivity contribution in [2.45, 2.75) is 25.8 Å². The monoisotopic (exact) mass is 378 g/mol. The topological polar surface area (TPSA) is 87.3 Å². The van der Waals surface area contributed by atoms with Gasteiger partial charge in [0, 0.05) is 12.2 Å². The number of nitrogens with one attached hydrogen (secondary N) is 2. The Balaban J connectivity index is 1.47. The predicted molar refractivity (Wildman–Crippen MR) is 106 cm³/mol. The van der Waals surface area contributed by atoms with Crippen LogP contribution in [0.25, 0.3) is 11.0 Å². The van der Waals surface area contributed by atoms with E-state index in [4.69, 9.17) is 4.74 Å². The average molecular weight is 378 g/mol. The molecule has 0 saturated carbocycles. The highest BCUT2D eigenvalue weighted by Gasteiger charge is 2.32. The molecular weight excluding hydrogens is 356 g/mol. The quantitative estimate of drug-likeness (QED) is 0.669. The number of urea groups is 1. The number of carbonyl (C=O) groups excluding carboxylic acids is 2. The van der Waals surface area contributed by atoms with E-state index >= 15 is 0 Å². The van der Waals surface area contributed by atoms with Gasteiger partial charge in [-0.05, 0) is 56.2 Å². The SMILES string of the molecule is CCOC(=O)c1ccc(NC(=O)N2CCC[C@H]2c2nc3ccccc3[nH]2)cc1. The van der Waals surface area contributed by atoms with Crippen LogP contribution in [-0.2, 0) is 4.74 Å². The Kier molecular flexibility index (Phi) is 4.97. The second-order valence-electron chi connectivity index (χ2n) is 6.72. The highest BCUT2D eigenvalue weighted by molar-refractivity contribution is 5.92. The molecule has 4 rings (SSSR count). The summed E-state index contributed by atoms with van der Waals surface area (Å²) in [7, 11) is 0. The van der Waals surface area contributed by atoms with Gasteiger partial charge in [0.15, 0.2) is 0 Å². The molecule has 0 aliphatic carbocycles. The molecule has 1 saturated heterocycles. The molecule has 0 bridgehead atoms. The molecule has 0 spiro atoms. The van der Waals surface area contributed by atoms with Gasteiger partial charge in [0.2, 0.25) is 0 Å². The van der Waals surface area contributed by atoms with Crippen LogP contribution in [0.3, 0.4) is 0 Å². The highest BCUT2D eigenvalue weighted by Crippen LogP contribution is 2.32. The Hall–Kier alpha value is -3.35. The number of carbonyl (C=O) groups is 2. The Morgan fingerprint density at radius 3 is 2.75 bits per heavy atom. The van der Waals surface area contributed by atoms with Crippen molar-refractivity contribution in [2.75, 3.05) is 18.5 Å². The van der Waals surface area contributed by atoms with E-state index in [1.807, 2.05) is 24.3 Å². The van der Waals surface area contributed by atoms with Gasteiger partial charge in [0.25, 0.3) is 0 Å². The van der Waals surface area contributed by atoms with Crippen LogP contribution in [0, 0.1) is 0 Å². The second kappa shape index (κ2) is 7.72. The van der Waals surface area contributed by atoms with Gasteiger partial charge < -0.3 is 19.9 Å². The number of imidazole rings is 1. The first-order valence-corrected chi connectivity index (χ1v) is 9.45. The van der Waals surface area contributed by atoms with Crippen molar-refractivity contribution < 1.29 is 14.3 Å². The lowest BCUT2D eigenvalue weighted by molar-refractivity contribution is 0.0526. The number of anilines is 1. The Morgan fingerprint density at radius 1 is 1.21 bits per heavy atom. The van der Waals surface area contributed by atoms with Crippen molar-refractivity contribution in [2.24, 2.45) is 0 Å². The predicted octanol–water partition coefficient (Wildman–Crippen LogP) is 4.11. The molecule has 1 aliphatic rings. The van der Waals surface area contributed by atoms with Gasteiger partial charge in [-0.25, -0.2) is 14.6 Å². The normalized spacial score (nSPS) is 16.3. The fourth-order valence-electron chi connectivity index (χ4n) is 3.52. The van der Waals surface area contributed by atoms with E-state index in [9.17, 15) is 9.59 Å². The number of aromatic amines is 1. The zero-order chi connectivity index (χ0) is 19.5. The molecule has 3 aromatic rings. The van der Waals surface area contributed by atoms with Gasteiger partial charge >= 0.3 is 12.0 Å². The number of hydrogen-bond donors (Lipinski definition) is 2. The number of aromatic nitrogens is 2. The number of likely N-dealkylation sites (tertiary alicyclic amines) is 1. The van der Waals surface area contributed by atoms with Crippen LogP contribution >= 0.6 is 0 Å². The fraction of sp³-hybridized carbons (Fsp3) is 0.286. The van der Waals surface area contributed by atoms with Crippen molar-refractivity contribution in [3.63, 3.8) is 0 Å². The molecule has 2 N–H and O–H groups in total. The number of benzene rings is 2. The molecule has 144 valence electrons. The molecule has 2 heterocycles. The fourth-order valence-corrected chi connectivity index (χ4v) is 3.52. The van der Waals surface area contributed by atoms with E-state index < -0.39 is 0 Å². The maximum atomic E-state index is 12.8. The summed E-state index contributed by atoms with van der Waals surface area (Å²) >= 11 is 0. The van der Waals surface area contributed by atoms with Gasteiger partial charge in [0.1, 0.15) is 5.82 Å². The molecule has 28 heavy (non-hydrogen) atoms. The first-order valence-electron chi connectivity index (χ1n) is 9.45. The van der Waals surface area contributed by atoms with E-state index in [0.717, 1.165) is 29.7 Å². The lowest BCUT2D eigenvalue weighted by atomic mass is 10.2. The second-order valence-corrected chi connectivity index (χ2v) is 6.72. The maximum absolute atomic E-state index is 12.8. The third-order valence-electron chi connectivity index (χ3n) is 4.88. The Bertz CT molecular complexity index is 963. The molecule has 2 aromatic carbocycles. The van der Waals surface area contributed by atoms with Crippen LogP contribution in [0.4, 0.5) is 10.5 Å². The van der Waals surface area contributed by atoms with Crippen LogP contribution in [0.2, 0.25) is 0 Å². The largest absolute Gasteiger partial charge is 0.462 e. The van der Waals surface area contributed by atoms with Gasteiger partial charge in [-0.15, -0.1) is 0 Å². The van der Waals surface area contributed by atoms with Gasteiger partial charge in [0.05, 0.1) is 29.2 Å². The minimum absolute atomic E-state index is 0.0776. The molecule has 1 aliphatic heterocycles. The summed E-state index contributed by atoms with van der Waals surface area (Å²) in [6.07, 6.45) is 1.80. The standard InChI is InChI=1S/C21H22N4O3/c1-2-28-20(26)14-9-11-15(12-10-14)22-21(27)25-13-5-8-18(25)19-23-16-6-3-4-7-17(16)24-19/h3-4,6-7,9-12,18H,2,5,8,13H2,1H3,(H,22,27)(H,23,24)/t18-/m0/s1. The number of nitrogens with zero attached hydrogens (tertiary/aromatic N) is 2. The molecule has 1 fully saturated rings. The number of para-hydroxylation sites is 2. The number of rotatable bonds is 4. The average Bonchev–Trinajstić information content (AvgIpc) is 3.35. The number of fused-ring (bicyclic) bond motifs is 1. The highest BCUT2D eigenvalue weighted by atomic mass is 16.5. The number of amides is 2. The molecular formula is C21H22N4O3. The molecule has 1 atom stereocenters. The third-order valence-corrected chi connectivity index (χ3v) is 4.88. The zero-order valence-corrected chi connectivity index (χ0v) is 15.6. The van der Waals surface area contributed by atoms with Crippen LogP contribution in [-0.4, -0.2) is 40.0 Å². The number of ether oxygens (including phenoxy) is 1. The lowest BCUT2D eigenvalue weighted by Gasteiger charge is -2.23. The van der Waals surface area contributed by atoms with E-state index in [2.05, 4.69) is 15.3 Å². The molecule has 2 amide bonds. The molecule has 7 nitrogen and oxygen atoms in total. The smallest absolute Gasteiger partial charge is 0.338 e. The van der Waals surface area contributed by atoms with E-state index in [0.29, 0.717) is 24.4 Å². The summed E-state index contributed by atoms with van der Waals surface area (Å²) in [6.45, 7) is 2.77. The summed E-state index contributed by atoms with van der Waals surface area (Å²) in [5.74, 6) is 0.441. The van der Waals surface area contributed by atoms with Gasteiger partial charge in [-0.3, -0.25) is 0 Å². The van der Waals surface area contributed by atoms with E-state index in [1.165, 1.54) is 0 Å². The van der Waals surface area contributed by atoms with Crippen molar-refractivity contribution in [3.05, 3.63) is 59.9 Å². The first kappa shape index (κ1) is 18.0. The molecule has 7 heteroatoms. The van der Waals surface area contributed by atoms with Crippen LogP contribution in [0.5, 0.6) is 0 Å². The van der Waals surface area contributed by atoms with Gasteiger partial charge in [-0.1, -0.05) is 12.1 Å². The van der Waals surface area contributed by atoms with E-state index in [-0.39, 0.29) is 18.0 Å². The van der Waals surface area contributed by atoms with Crippen molar-refractivity contribution >= 4 is 28.7 Å². The molecule has 0 radical (unpaired) electrons. The number of esters is 1. The van der Waals surface area contributed by atoms with Crippen molar-refractivity contribution in [1.29, 1.82) is 0 Å². The maximum Gasteiger partial charge on any atom is 0.338 e. The summed E-state index contributed by atoms with van der Waals surface area (Å²) < 4.78 is 4.97. The van der Waals surface area contributed by atoms with Crippen molar-refractivity contribution in [3.8, 4) is 0 Å². The first-order chi connectivity index (χ1) is 13.7. The van der Waals surface area contributed by atoms with Gasteiger partial charge in [-0.2, -0.15) is 0 Å². The summed E-state index contributed by atoms with van der Waals surface area (Å²) in [6, 6.07) is 14.3. The molecule has 1 aromatic heterocycles. The summed E-state index contributed by atoms with van der Waals surface area (Å²) in [5, 5.41) is 2.91. The Labute approximate surface area is 162 Å². The Morgan fingerprint density at radius 2 is 2.00 bits per heavy atom. The summed E-state index contributed by atoms with van der Waals surface area (Å²) in [4.78, 5) is 34.3. The molecule has 0 unspecified atom stereocenters. The van der Waals surface area contributed by atoms with E-state index in [1.54, 1.807) is 36.1 Å². The third kappa shape index (κ3) is 3.55. The number of H-pyrrole nitrogens is 1.